The minimum Gasteiger partial charge on any atom is -0.465 e. The molecule has 1 aliphatic rings. The van der Waals surface area contributed by atoms with Gasteiger partial charge in [-0.1, -0.05) is 60.1 Å². The Morgan fingerprint density at radius 1 is 1.13 bits per heavy atom. The summed E-state index contributed by atoms with van der Waals surface area (Å²) < 4.78 is 33.2. The van der Waals surface area contributed by atoms with Gasteiger partial charge in [0.05, 0.1) is 24.5 Å². The van der Waals surface area contributed by atoms with Gasteiger partial charge >= 0.3 is 6.09 Å². The molecular formula is C21H25ClN2O5S. The molecule has 2 aromatic carbocycles. The van der Waals surface area contributed by atoms with Crippen molar-refractivity contribution in [3.63, 3.8) is 0 Å². The summed E-state index contributed by atoms with van der Waals surface area (Å²) in [5.41, 5.74) is 1.51. The van der Waals surface area contributed by atoms with Crippen molar-refractivity contribution in [1.82, 2.24) is 9.62 Å². The Bertz CT molecular complexity index is 947. The summed E-state index contributed by atoms with van der Waals surface area (Å²) in [4.78, 5) is 11.2. The lowest BCUT2D eigenvalue weighted by Crippen LogP contribution is -2.44. The third kappa shape index (κ3) is 6.18. The molecular weight excluding hydrogens is 428 g/mol. The van der Waals surface area contributed by atoms with Crippen LogP contribution in [-0.2, 0) is 21.4 Å². The number of carboxylic acid groups (broad SMARTS) is 1. The van der Waals surface area contributed by atoms with Gasteiger partial charge in [0.25, 0.3) is 0 Å². The van der Waals surface area contributed by atoms with E-state index in [2.05, 4.69) is 5.32 Å². The molecule has 7 nitrogen and oxygen atoms in total. The third-order valence-electron chi connectivity index (χ3n) is 5.10. The number of sulfonamides is 1. The molecule has 1 unspecified atom stereocenters. The second-order valence-electron chi connectivity index (χ2n) is 7.19. The van der Waals surface area contributed by atoms with E-state index in [0.29, 0.717) is 43.1 Å². The molecule has 2 aromatic rings. The second kappa shape index (κ2) is 10.3. The molecule has 30 heavy (non-hydrogen) atoms. The number of amides is 1. The molecule has 2 N–H and O–H groups in total. The lowest BCUT2D eigenvalue weighted by molar-refractivity contribution is 0.0102. The van der Waals surface area contributed by atoms with E-state index < -0.39 is 22.2 Å². The Labute approximate surface area is 181 Å². The molecule has 1 atom stereocenters. The van der Waals surface area contributed by atoms with Crippen molar-refractivity contribution in [2.75, 3.05) is 18.8 Å². The van der Waals surface area contributed by atoms with E-state index >= 15 is 0 Å². The molecule has 1 saturated heterocycles. The van der Waals surface area contributed by atoms with Gasteiger partial charge in [-0.3, -0.25) is 0 Å². The minimum atomic E-state index is -3.64. The number of hydrogen-bond acceptors (Lipinski definition) is 4. The minimum absolute atomic E-state index is 0.0465. The highest BCUT2D eigenvalue weighted by atomic mass is 35.5. The summed E-state index contributed by atoms with van der Waals surface area (Å²) >= 11 is 6.14. The predicted octanol–water partition coefficient (Wildman–Crippen LogP) is 3.66. The van der Waals surface area contributed by atoms with E-state index in [9.17, 15) is 13.2 Å². The molecule has 0 saturated carbocycles. The molecule has 3 rings (SSSR count). The highest BCUT2D eigenvalue weighted by molar-refractivity contribution is 7.89. The number of nitrogens with zero attached hydrogens (tertiary/aromatic N) is 1. The summed E-state index contributed by atoms with van der Waals surface area (Å²) in [7, 11) is -3.64. The second-order valence-corrected chi connectivity index (χ2v) is 9.61. The van der Waals surface area contributed by atoms with Gasteiger partial charge in [-0.25, -0.2) is 17.5 Å². The quantitative estimate of drug-likeness (QED) is 0.637. The Hall–Kier alpha value is -2.13. The largest absolute Gasteiger partial charge is 0.465 e. The first-order valence-corrected chi connectivity index (χ1v) is 11.7. The third-order valence-corrected chi connectivity index (χ3v) is 7.38. The van der Waals surface area contributed by atoms with Gasteiger partial charge < -0.3 is 15.2 Å². The lowest BCUT2D eigenvalue weighted by atomic mass is 10.1. The molecule has 0 bridgehead atoms. The Morgan fingerprint density at radius 2 is 1.77 bits per heavy atom. The average Bonchev–Trinajstić information content (AvgIpc) is 2.73. The number of carbonyl (C=O) groups is 1. The summed E-state index contributed by atoms with van der Waals surface area (Å²) in [5.74, 6) is -0.325. The number of nitrogens with one attached hydrogen (secondary N) is 1. The predicted molar refractivity (Wildman–Crippen MR) is 115 cm³/mol. The Morgan fingerprint density at radius 3 is 2.40 bits per heavy atom. The van der Waals surface area contributed by atoms with Crippen LogP contribution in [0.3, 0.4) is 0 Å². The van der Waals surface area contributed by atoms with E-state index in [-0.39, 0.29) is 11.9 Å². The fourth-order valence-corrected chi connectivity index (χ4v) is 5.34. The maximum absolute atomic E-state index is 12.9. The van der Waals surface area contributed by atoms with Crippen LogP contribution < -0.4 is 5.32 Å². The zero-order chi connectivity index (χ0) is 21.6. The van der Waals surface area contributed by atoms with Gasteiger partial charge in [0, 0.05) is 18.1 Å². The molecule has 162 valence electrons. The van der Waals surface area contributed by atoms with Crippen molar-refractivity contribution in [2.45, 2.75) is 31.6 Å². The average molecular weight is 453 g/mol. The molecule has 0 aromatic heterocycles. The summed E-state index contributed by atoms with van der Waals surface area (Å²) in [6, 6.07) is 15.4. The van der Waals surface area contributed by atoms with E-state index in [1.54, 1.807) is 30.3 Å². The lowest BCUT2D eigenvalue weighted by Gasteiger charge is -2.32. The first-order valence-electron chi connectivity index (χ1n) is 9.72. The molecule has 1 heterocycles. The van der Waals surface area contributed by atoms with Crippen LogP contribution >= 0.6 is 11.6 Å². The Balaban J connectivity index is 1.56. The maximum atomic E-state index is 12.9. The number of rotatable bonds is 8. The van der Waals surface area contributed by atoms with Gasteiger partial charge in [0.15, 0.2) is 0 Å². The van der Waals surface area contributed by atoms with Crippen LogP contribution in [0.4, 0.5) is 4.79 Å². The smallest absolute Gasteiger partial charge is 0.405 e. The number of piperidine rings is 1. The van der Waals surface area contributed by atoms with Gasteiger partial charge in [-0.2, -0.15) is 0 Å². The fourth-order valence-electron chi connectivity index (χ4n) is 3.47. The molecule has 1 aliphatic heterocycles. The van der Waals surface area contributed by atoms with Crippen molar-refractivity contribution in [2.24, 2.45) is 0 Å². The van der Waals surface area contributed by atoms with Crippen LogP contribution in [0.2, 0.25) is 5.02 Å². The fraction of sp³-hybridized carbons (Fsp3) is 0.381. The molecule has 9 heteroatoms. The SMILES string of the molecule is O=C(O)NC(CS(=O)(=O)N1CCC(OCc2ccccc2Cl)CC1)c1ccccc1. The standard InChI is InChI=1S/C21H25ClN2O5S/c22-19-9-5-4-8-17(19)14-29-18-10-12-24(13-11-18)30(27,28)15-20(23-21(25)26)16-6-2-1-3-7-16/h1-9,18,20,23H,10-15H2,(H,25,26). The number of hydrogen-bond donors (Lipinski definition) is 2. The highest BCUT2D eigenvalue weighted by Crippen LogP contribution is 2.23. The first kappa shape index (κ1) is 22.6. The van der Waals surface area contributed by atoms with E-state index in [1.807, 2.05) is 24.3 Å². The molecule has 1 amide bonds. The van der Waals surface area contributed by atoms with Gasteiger partial charge in [0.2, 0.25) is 10.0 Å². The van der Waals surface area contributed by atoms with E-state index in [1.165, 1.54) is 4.31 Å². The zero-order valence-electron chi connectivity index (χ0n) is 16.4. The number of benzene rings is 2. The van der Waals surface area contributed by atoms with Crippen molar-refractivity contribution in [3.05, 3.63) is 70.7 Å². The molecule has 0 spiro atoms. The summed E-state index contributed by atoms with van der Waals surface area (Å²) in [6.07, 6.45) is -0.154. The van der Waals surface area contributed by atoms with Crippen LogP contribution in [0.15, 0.2) is 54.6 Å². The summed E-state index contributed by atoms with van der Waals surface area (Å²) in [5, 5.41) is 12.1. The van der Waals surface area contributed by atoms with Crippen molar-refractivity contribution in [1.29, 1.82) is 0 Å². The zero-order valence-corrected chi connectivity index (χ0v) is 18.0. The summed E-state index contributed by atoms with van der Waals surface area (Å²) in [6.45, 7) is 1.06. The van der Waals surface area contributed by atoms with Gasteiger partial charge in [0.1, 0.15) is 0 Å². The molecule has 0 aliphatic carbocycles. The van der Waals surface area contributed by atoms with Crippen molar-refractivity contribution >= 4 is 27.7 Å². The van der Waals surface area contributed by atoms with Crippen molar-refractivity contribution in [3.8, 4) is 0 Å². The Kier molecular flexibility index (Phi) is 7.71. The van der Waals surface area contributed by atoms with Crippen LogP contribution in [0.1, 0.15) is 30.0 Å². The van der Waals surface area contributed by atoms with Gasteiger partial charge in [-0.15, -0.1) is 0 Å². The number of ether oxygens (including phenoxy) is 1. The van der Waals surface area contributed by atoms with Crippen LogP contribution in [0.5, 0.6) is 0 Å². The topological polar surface area (TPSA) is 95.9 Å². The maximum Gasteiger partial charge on any atom is 0.405 e. The van der Waals surface area contributed by atoms with Crippen molar-refractivity contribution < 1.29 is 23.1 Å². The van der Waals surface area contributed by atoms with E-state index in [4.69, 9.17) is 21.4 Å². The van der Waals surface area contributed by atoms with E-state index in [0.717, 1.165) is 5.56 Å². The number of halogens is 1. The monoisotopic (exact) mass is 452 g/mol. The normalized spacial score (nSPS) is 16.8. The van der Waals surface area contributed by atoms with Crippen LogP contribution in [0.25, 0.3) is 0 Å². The van der Waals surface area contributed by atoms with Gasteiger partial charge in [-0.05, 0) is 30.0 Å². The molecule has 1 fully saturated rings. The molecule has 0 radical (unpaired) electrons. The first-order chi connectivity index (χ1) is 14.3. The highest BCUT2D eigenvalue weighted by Gasteiger charge is 2.31. The van der Waals surface area contributed by atoms with Crippen LogP contribution in [0, 0.1) is 0 Å². The van der Waals surface area contributed by atoms with Crippen LogP contribution in [-0.4, -0.2) is 48.9 Å².